The third-order valence-corrected chi connectivity index (χ3v) is 3.77. The van der Waals surface area contributed by atoms with Crippen LogP contribution < -0.4 is 0 Å². The lowest BCUT2D eigenvalue weighted by Gasteiger charge is -2.06. The summed E-state index contributed by atoms with van der Waals surface area (Å²) in [6.45, 7) is 0.0350. The second kappa shape index (κ2) is 5.61. The molecule has 3 rings (SSSR count). The minimum absolute atomic E-state index is 0.0350. The Bertz CT molecular complexity index is 722. The minimum atomic E-state index is 0.0350. The highest BCUT2D eigenvalue weighted by molar-refractivity contribution is 9.10. The SMILES string of the molecule is OCc1ccc(-n2cc(-c3ccccc3)cn2)c(Br)c1. The van der Waals surface area contributed by atoms with Crippen molar-refractivity contribution in [2.24, 2.45) is 0 Å². The van der Waals surface area contributed by atoms with Gasteiger partial charge in [0, 0.05) is 16.2 Å². The van der Waals surface area contributed by atoms with Crippen molar-refractivity contribution in [2.45, 2.75) is 6.61 Å². The van der Waals surface area contributed by atoms with E-state index in [0.717, 1.165) is 26.9 Å². The first kappa shape index (κ1) is 13.1. The Morgan fingerprint density at radius 3 is 2.55 bits per heavy atom. The number of rotatable bonds is 3. The Balaban J connectivity index is 1.98. The maximum absolute atomic E-state index is 9.13. The second-order valence-corrected chi connectivity index (χ2v) is 5.34. The second-order valence-electron chi connectivity index (χ2n) is 4.48. The molecule has 0 saturated carbocycles. The Morgan fingerprint density at radius 1 is 1.05 bits per heavy atom. The molecule has 0 spiro atoms. The van der Waals surface area contributed by atoms with Crippen LogP contribution in [0.3, 0.4) is 0 Å². The molecule has 3 aromatic rings. The molecular formula is C16H13BrN2O. The summed E-state index contributed by atoms with van der Waals surface area (Å²) in [5, 5.41) is 13.5. The van der Waals surface area contributed by atoms with Gasteiger partial charge in [-0.15, -0.1) is 0 Å². The predicted octanol–water partition coefficient (Wildman–Crippen LogP) is 3.79. The number of halogens is 1. The van der Waals surface area contributed by atoms with Crippen LogP contribution in [0, 0.1) is 0 Å². The van der Waals surface area contributed by atoms with Crippen LogP contribution in [0.4, 0.5) is 0 Å². The molecule has 4 heteroatoms. The summed E-state index contributed by atoms with van der Waals surface area (Å²) in [6, 6.07) is 15.9. The van der Waals surface area contributed by atoms with Gasteiger partial charge >= 0.3 is 0 Å². The standard InChI is InChI=1S/C16H13BrN2O/c17-15-8-12(11-20)6-7-16(15)19-10-14(9-18-19)13-4-2-1-3-5-13/h1-10,20H,11H2. The van der Waals surface area contributed by atoms with E-state index in [4.69, 9.17) is 5.11 Å². The van der Waals surface area contributed by atoms with Crippen LogP contribution in [-0.4, -0.2) is 14.9 Å². The molecule has 0 aliphatic carbocycles. The largest absolute Gasteiger partial charge is 0.392 e. The summed E-state index contributed by atoms with van der Waals surface area (Å²) >= 11 is 3.52. The van der Waals surface area contributed by atoms with E-state index in [9.17, 15) is 0 Å². The number of aliphatic hydroxyl groups excluding tert-OH is 1. The van der Waals surface area contributed by atoms with Gasteiger partial charge in [0.25, 0.3) is 0 Å². The van der Waals surface area contributed by atoms with Crippen molar-refractivity contribution in [2.75, 3.05) is 0 Å². The number of nitrogens with zero attached hydrogens (tertiary/aromatic N) is 2. The molecule has 0 bridgehead atoms. The Hall–Kier alpha value is -1.91. The molecule has 2 aromatic carbocycles. The van der Waals surface area contributed by atoms with Gasteiger partial charge in [-0.1, -0.05) is 36.4 Å². The summed E-state index contributed by atoms with van der Waals surface area (Å²) in [5.74, 6) is 0. The van der Waals surface area contributed by atoms with E-state index in [2.05, 4.69) is 33.2 Å². The molecule has 1 heterocycles. The number of aliphatic hydroxyl groups is 1. The first-order chi connectivity index (χ1) is 9.78. The third-order valence-electron chi connectivity index (χ3n) is 3.13. The van der Waals surface area contributed by atoms with Crippen molar-refractivity contribution in [1.82, 2.24) is 9.78 Å². The summed E-state index contributed by atoms with van der Waals surface area (Å²) in [6.07, 6.45) is 3.84. The molecule has 0 saturated heterocycles. The van der Waals surface area contributed by atoms with E-state index in [0.29, 0.717) is 0 Å². The van der Waals surface area contributed by atoms with E-state index >= 15 is 0 Å². The lowest BCUT2D eigenvalue weighted by Crippen LogP contribution is -1.96. The van der Waals surface area contributed by atoms with Crippen LogP contribution in [0.25, 0.3) is 16.8 Å². The van der Waals surface area contributed by atoms with Crippen LogP contribution in [0.15, 0.2) is 65.4 Å². The van der Waals surface area contributed by atoms with E-state index in [1.807, 2.05) is 53.5 Å². The van der Waals surface area contributed by atoms with Crippen LogP contribution in [0.2, 0.25) is 0 Å². The lowest BCUT2D eigenvalue weighted by atomic mass is 10.1. The van der Waals surface area contributed by atoms with Crippen LogP contribution >= 0.6 is 15.9 Å². The van der Waals surface area contributed by atoms with Crippen molar-refractivity contribution >= 4 is 15.9 Å². The van der Waals surface area contributed by atoms with Gasteiger partial charge in [-0.25, -0.2) is 4.68 Å². The molecule has 100 valence electrons. The fraction of sp³-hybridized carbons (Fsp3) is 0.0625. The maximum atomic E-state index is 9.13. The fourth-order valence-electron chi connectivity index (χ4n) is 2.07. The molecule has 1 N–H and O–H groups in total. The summed E-state index contributed by atoms with van der Waals surface area (Å²) in [5.41, 5.74) is 4.03. The summed E-state index contributed by atoms with van der Waals surface area (Å²) in [4.78, 5) is 0. The van der Waals surface area contributed by atoms with Crippen molar-refractivity contribution in [1.29, 1.82) is 0 Å². The Labute approximate surface area is 125 Å². The minimum Gasteiger partial charge on any atom is -0.392 e. The smallest absolute Gasteiger partial charge is 0.0787 e. The topological polar surface area (TPSA) is 38.0 Å². The molecule has 0 aliphatic rings. The van der Waals surface area contributed by atoms with Crippen LogP contribution in [0.5, 0.6) is 0 Å². The fourth-order valence-corrected chi connectivity index (χ4v) is 2.68. The van der Waals surface area contributed by atoms with E-state index in [-0.39, 0.29) is 6.61 Å². The van der Waals surface area contributed by atoms with E-state index in [1.54, 1.807) is 0 Å². The van der Waals surface area contributed by atoms with Gasteiger partial charge in [0.2, 0.25) is 0 Å². The van der Waals surface area contributed by atoms with Crippen LogP contribution in [0.1, 0.15) is 5.56 Å². The quantitative estimate of drug-likeness (QED) is 0.794. The highest BCUT2D eigenvalue weighted by atomic mass is 79.9. The Kier molecular flexibility index (Phi) is 3.67. The van der Waals surface area contributed by atoms with Gasteiger partial charge in [-0.3, -0.25) is 0 Å². The number of benzene rings is 2. The molecule has 1 aromatic heterocycles. The number of aromatic nitrogens is 2. The highest BCUT2D eigenvalue weighted by Crippen LogP contribution is 2.25. The average molecular weight is 329 g/mol. The monoisotopic (exact) mass is 328 g/mol. The van der Waals surface area contributed by atoms with Gasteiger partial charge < -0.3 is 5.11 Å². The Morgan fingerprint density at radius 2 is 1.85 bits per heavy atom. The average Bonchev–Trinajstić information content (AvgIpc) is 2.97. The predicted molar refractivity (Wildman–Crippen MR) is 82.6 cm³/mol. The van der Waals surface area contributed by atoms with E-state index < -0.39 is 0 Å². The van der Waals surface area contributed by atoms with Crippen molar-refractivity contribution in [3.63, 3.8) is 0 Å². The molecule has 0 atom stereocenters. The molecule has 0 aliphatic heterocycles. The molecule has 20 heavy (non-hydrogen) atoms. The number of hydrogen-bond donors (Lipinski definition) is 1. The molecule has 0 amide bonds. The van der Waals surface area contributed by atoms with Gasteiger partial charge in [-0.2, -0.15) is 5.10 Å². The van der Waals surface area contributed by atoms with Gasteiger partial charge in [0.05, 0.1) is 18.5 Å². The molecule has 0 unspecified atom stereocenters. The first-order valence-electron chi connectivity index (χ1n) is 6.27. The molecule has 0 radical (unpaired) electrons. The first-order valence-corrected chi connectivity index (χ1v) is 7.07. The van der Waals surface area contributed by atoms with Crippen molar-refractivity contribution in [3.8, 4) is 16.8 Å². The molecule has 0 fully saturated rings. The third kappa shape index (κ3) is 2.53. The number of hydrogen-bond acceptors (Lipinski definition) is 2. The van der Waals surface area contributed by atoms with Crippen molar-refractivity contribution in [3.05, 3.63) is 71.0 Å². The normalized spacial score (nSPS) is 10.7. The maximum Gasteiger partial charge on any atom is 0.0787 e. The van der Waals surface area contributed by atoms with Gasteiger partial charge in [0.1, 0.15) is 0 Å². The highest BCUT2D eigenvalue weighted by Gasteiger charge is 2.07. The van der Waals surface area contributed by atoms with Crippen molar-refractivity contribution < 1.29 is 5.11 Å². The van der Waals surface area contributed by atoms with E-state index in [1.165, 1.54) is 0 Å². The lowest BCUT2D eigenvalue weighted by molar-refractivity contribution is 0.282. The summed E-state index contributed by atoms with van der Waals surface area (Å²) in [7, 11) is 0. The van der Waals surface area contributed by atoms with Gasteiger partial charge in [0.15, 0.2) is 0 Å². The zero-order valence-corrected chi connectivity index (χ0v) is 12.3. The molecule has 3 nitrogen and oxygen atoms in total. The summed E-state index contributed by atoms with van der Waals surface area (Å²) < 4.78 is 2.74. The zero-order valence-electron chi connectivity index (χ0n) is 10.7. The zero-order chi connectivity index (χ0) is 13.9. The van der Waals surface area contributed by atoms with Gasteiger partial charge in [-0.05, 0) is 39.2 Å². The molecular weight excluding hydrogens is 316 g/mol. The van der Waals surface area contributed by atoms with Crippen LogP contribution in [-0.2, 0) is 6.61 Å².